The molecule has 0 saturated carbocycles. The number of imidazole rings is 1. The highest BCUT2D eigenvalue weighted by molar-refractivity contribution is 6.01. The van der Waals surface area contributed by atoms with Gasteiger partial charge in [-0.15, -0.1) is 0 Å². The van der Waals surface area contributed by atoms with Crippen molar-refractivity contribution in [1.29, 1.82) is 0 Å². The number of nitrogen functional groups attached to an aromatic ring is 1. The van der Waals surface area contributed by atoms with Crippen LogP contribution >= 0.6 is 0 Å². The van der Waals surface area contributed by atoms with Crippen LogP contribution in [-0.2, 0) is 0 Å². The summed E-state index contributed by atoms with van der Waals surface area (Å²) in [4.78, 5) is 16.6. The Morgan fingerprint density at radius 1 is 1.00 bits per heavy atom. The van der Waals surface area contributed by atoms with E-state index in [0.717, 1.165) is 5.56 Å². The van der Waals surface area contributed by atoms with Crippen LogP contribution in [0.3, 0.4) is 0 Å². The van der Waals surface area contributed by atoms with Crippen molar-refractivity contribution in [2.24, 2.45) is 0 Å². The number of nitrogens with two attached hydrogens (primary N) is 1. The van der Waals surface area contributed by atoms with Crippen molar-refractivity contribution < 1.29 is 9.18 Å². The van der Waals surface area contributed by atoms with Gasteiger partial charge in [0, 0.05) is 16.7 Å². The van der Waals surface area contributed by atoms with Crippen molar-refractivity contribution in [3.8, 4) is 22.5 Å². The van der Waals surface area contributed by atoms with Gasteiger partial charge in [0.1, 0.15) is 17.2 Å². The van der Waals surface area contributed by atoms with E-state index in [-0.39, 0.29) is 17.5 Å². The minimum absolute atomic E-state index is 0.141. The standard InChI is InChI=1S/C20H15FN4O/c1-12(26)16-11-17-19(13-5-3-2-4-6-13)23-20(22)25(17)24-18(16)14-7-9-15(21)10-8-14/h2-11H,1H3,(H2,22,23). The summed E-state index contributed by atoms with van der Waals surface area (Å²) in [7, 11) is 0. The van der Waals surface area contributed by atoms with Gasteiger partial charge in [0.15, 0.2) is 5.78 Å². The van der Waals surface area contributed by atoms with Crippen molar-refractivity contribution in [2.45, 2.75) is 6.92 Å². The molecule has 0 aliphatic carbocycles. The van der Waals surface area contributed by atoms with Crippen molar-refractivity contribution in [2.75, 3.05) is 5.73 Å². The van der Waals surface area contributed by atoms with Gasteiger partial charge in [0.2, 0.25) is 5.95 Å². The van der Waals surface area contributed by atoms with Gasteiger partial charge in [-0.05, 0) is 37.3 Å². The highest BCUT2D eigenvalue weighted by Crippen LogP contribution is 2.30. The molecule has 0 spiro atoms. The first-order chi connectivity index (χ1) is 12.5. The monoisotopic (exact) mass is 346 g/mol. The molecule has 0 bridgehead atoms. The Morgan fingerprint density at radius 3 is 2.31 bits per heavy atom. The number of halogens is 1. The lowest BCUT2D eigenvalue weighted by atomic mass is 10.0. The first kappa shape index (κ1) is 16.0. The molecule has 2 aromatic heterocycles. The van der Waals surface area contributed by atoms with Crippen LogP contribution in [0.25, 0.3) is 28.0 Å². The molecule has 4 aromatic rings. The van der Waals surface area contributed by atoms with Gasteiger partial charge in [-0.25, -0.2) is 9.37 Å². The van der Waals surface area contributed by atoms with E-state index < -0.39 is 0 Å². The zero-order valence-electron chi connectivity index (χ0n) is 14.0. The van der Waals surface area contributed by atoms with Crippen LogP contribution in [0.15, 0.2) is 60.7 Å². The molecular formula is C20H15FN4O. The van der Waals surface area contributed by atoms with E-state index in [2.05, 4.69) is 10.1 Å². The van der Waals surface area contributed by atoms with Crippen molar-refractivity contribution in [3.63, 3.8) is 0 Å². The van der Waals surface area contributed by atoms with Gasteiger partial charge in [-0.3, -0.25) is 4.79 Å². The molecule has 0 radical (unpaired) electrons. The third-order valence-corrected chi connectivity index (χ3v) is 4.19. The summed E-state index contributed by atoms with van der Waals surface area (Å²) in [5.74, 6) is -0.275. The summed E-state index contributed by atoms with van der Waals surface area (Å²) in [6, 6.07) is 17.1. The number of fused-ring (bicyclic) bond motifs is 1. The predicted octanol–water partition coefficient (Wildman–Crippen LogP) is 3.99. The quantitative estimate of drug-likeness (QED) is 0.569. The zero-order chi connectivity index (χ0) is 18.3. The molecule has 0 atom stereocenters. The molecule has 128 valence electrons. The summed E-state index contributed by atoms with van der Waals surface area (Å²) in [6.45, 7) is 1.47. The summed E-state index contributed by atoms with van der Waals surface area (Å²) >= 11 is 0. The molecule has 5 nitrogen and oxygen atoms in total. The number of benzene rings is 2. The molecule has 0 aliphatic rings. The van der Waals surface area contributed by atoms with Crippen molar-refractivity contribution in [3.05, 3.63) is 72.0 Å². The molecule has 0 aliphatic heterocycles. The van der Waals surface area contributed by atoms with Gasteiger partial charge < -0.3 is 5.73 Å². The smallest absolute Gasteiger partial charge is 0.222 e. The Balaban J connectivity index is 2.01. The van der Waals surface area contributed by atoms with E-state index in [1.807, 2.05) is 30.3 Å². The van der Waals surface area contributed by atoms with E-state index in [4.69, 9.17) is 5.73 Å². The fourth-order valence-electron chi connectivity index (χ4n) is 2.93. The van der Waals surface area contributed by atoms with Crippen LogP contribution < -0.4 is 5.73 Å². The number of hydrogen-bond acceptors (Lipinski definition) is 4. The molecule has 2 heterocycles. The Morgan fingerprint density at radius 2 is 1.65 bits per heavy atom. The summed E-state index contributed by atoms with van der Waals surface area (Å²) < 4.78 is 14.8. The van der Waals surface area contributed by atoms with E-state index in [1.54, 1.807) is 18.2 Å². The second-order valence-corrected chi connectivity index (χ2v) is 5.95. The number of carbonyl (C=O) groups excluding carboxylic acids is 1. The summed E-state index contributed by atoms with van der Waals surface area (Å²) in [5.41, 5.74) is 9.74. The van der Waals surface area contributed by atoms with E-state index in [0.29, 0.717) is 28.0 Å². The minimum Gasteiger partial charge on any atom is -0.368 e. The molecule has 0 amide bonds. The van der Waals surface area contributed by atoms with E-state index in [1.165, 1.54) is 23.6 Å². The lowest BCUT2D eigenvalue weighted by Crippen LogP contribution is -2.06. The first-order valence-electron chi connectivity index (χ1n) is 8.06. The van der Waals surface area contributed by atoms with Crippen LogP contribution in [0.5, 0.6) is 0 Å². The van der Waals surface area contributed by atoms with Gasteiger partial charge in [0.25, 0.3) is 0 Å². The highest BCUT2D eigenvalue weighted by atomic mass is 19.1. The molecule has 0 saturated heterocycles. The summed E-state index contributed by atoms with van der Waals surface area (Å²) in [5, 5.41) is 4.53. The third kappa shape index (κ3) is 2.61. The maximum absolute atomic E-state index is 13.2. The van der Waals surface area contributed by atoms with Gasteiger partial charge in [0.05, 0.1) is 5.52 Å². The molecule has 4 rings (SSSR count). The zero-order valence-corrected chi connectivity index (χ0v) is 14.0. The minimum atomic E-state index is -0.354. The van der Waals surface area contributed by atoms with Gasteiger partial charge >= 0.3 is 0 Å². The third-order valence-electron chi connectivity index (χ3n) is 4.19. The molecule has 0 fully saturated rings. The molecule has 6 heteroatoms. The fraction of sp³-hybridized carbons (Fsp3) is 0.0500. The van der Waals surface area contributed by atoms with Gasteiger partial charge in [-0.1, -0.05) is 30.3 Å². The van der Waals surface area contributed by atoms with Crippen LogP contribution in [0.1, 0.15) is 17.3 Å². The second-order valence-electron chi connectivity index (χ2n) is 5.95. The largest absolute Gasteiger partial charge is 0.368 e. The van der Waals surface area contributed by atoms with Crippen LogP contribution in [0, 0.1) is 5.82 Å². The molecule has 0 unspecified atom stereocenters. The lowest BCUT2D eigenvalue weighted by Gasteiger charge is -2.08. The Bertz CT molecular complexity index is 1120. The average molecular weight is 346 g/mol. The second kappa shape index (κ2) is 6.07. The molecule has 2 aromatic carbocycles. The SMILES string of the molecule is CC(=O)c1cc2c(-c3ccccc3)nc(N)n2nc1-c1ccc(F)cc1. The number of Topliss-reactive ketones (excluding diaryl/α,β-unsaturated/α-hetero) is 1. The van der Waals surface area contributed by atoms with Crippen molar-refractivity contribution >= 4 is 17.2 Å². The number of carbonyl (C=O) groups is 1. The Hall–Kier alpha value is -3.54. The number of hydrogen-bond donors (Lipinski definition) is 1. The topological polar surface area (TPSA) is 73.3 Å². The number of ketones is 1. The molecule has 2 N–H and O–H groups in total. The average Bonchev–Trinajstić information content (AvgIpc) is 2.98. The van der Waals surface area contributed by atoms with E-state index in [9.17, 15) is 9.18 Å². The number of rotatable bonds is 3. The predicted molar refractivity (Wildman–Crippen MR) is 98.2 cm³/mol. The van der Waals surface area contributed by atoms with E-state index >= 15 is 0 Å². The maximum Gasteiger partial charge on any atom is 0.222 e. The summed E-state index contributed by atoms with van der Waals surface area (Å²) in [6.07, 6.45) is 0. The maximum atomic E-state index is 13.2. The first-order valence-corrected chi connectivity index (χ1v) is 8.06. The molecule has 26 heavy (non-hydrogen) atoms. The fourth-order valence-corrected chi connectivity index (χ4v) is 2.93. The number of aromatic nitrogens is 3. The normalized spacial score (nSPS) is 11.0. The number of anilines is 1. The van der Waals surface area contributed by atoms with Crippen LogP contribution in [0.4, 0.5) is 10.3 Å². The Labute approximate surface area is 148 Å². The highest BCUT2D eigenvalue weighted by Gasteiger charge is 2.18. The number of nitrogens with zero attached hydrogens (tertiary/aromatic N) is 3. The Kier molecular flexibility index (Phi) is 3.73. The van der Waals surface area contributed by atoms with Gasteiger partial charge in [-0.2, -0.15) is 9.61 Å². The van der Waals surface area contributed by atoms with Crippen LogP contribution in [0.2, 0.25) is 0 Å². The van der Waals surface area contributed by atoms with Crippen LogP contribution in [-0.4, -0.2) is 20.4 Å². The van der Waals surface area contributed by atoms with Crippen molar-refractivity contribution in [1.82, 2.24) is 14.6 Å². The lowest BCUT2D eigenvalue weighted by molar-refractivity contribution is 0.101. The molecular weight excluding hydrogens is 331 g/mol.